The van der Waals surface area contributed by atoms with Crippen LogP contribution in [-0.4, -0.2) is 9.79 Å². The maximum atomic E-state index is 10.4. The predicted octanol–water partition coefficient (Wildman–Crippen LogP) is 13.4. The summed E-state index contributed by atoms with van der Waals surface area (Å²) in [5.74, 6) is 0.475. The maximum absolute atomic E-state index is 10.4. The first kappa shape index (κ1) is 38.0. The molecular weight excluding hydrogens is 631 g/mol. The van der Waals surface area contributed by atoms with Crippen molar-refractivity contribution in [3.8, 4) is 28.0 Å². The lowest BCUT2D eigenvalue weighted by Crippen LogP contribution is -2.18. The van der Waals surface area contributed by atoms with Gasteiger partial charge in [-0.3, -0.25) is 0 Å². The summed E-state index contributed by atoms with van der Waals surface area (Å²) in [6, 6.07) is 27.1. The second kappa shape index (κ2) is 12.8. The summed E-state index contributed by atoms with van der Waals surface area (Å²) in [4.78, 5) is 20.8. The van der Waals surface area contributed by atoms with Gasteiger partial charge < -0.3 is 14.3 Å². The number of hydrogen-bond donors (Lipinski definition) is 2. The van der Waals surface area contributed by atoms with E-state index < -0.39 is 8.60 Å². The standard InChI is InChI=1S/C46H59O3P/c1-42(2,3)32-18-16-28-24-34(37(45(10,11)12)26-30(28)22-32)40-36(44(7,8)9)20-21-39(49-50(47)48)41(40)35-25-29-17-19-33(43(4,5)6)23-31(29)27-38(35)46(13,14)15/h16-27,47-48H,1-15H3. The SMILES string of the molecule is CC(C)(C)c1ccc2cc(-c3c(OP(O)O)ccc(C(C)(C)C)c3-c3cc4ccc(C(C)(C)C)cc4cc3C(C)(C)C)c(C(C)(C)C)cc2c1. The van der Waals surface area contributed by atoms with Crippen molar-refractivity contribution in [1.82, 2.24) is 0 Å². The van der Waals surface area contributed by atoms with Crippen LogP contribution in [0.2, 0.25) is 0 Å². The van der Waals surface area contributed by atoms with Crippen molar-refractivity contribution in [2.24, 2.45) is 0 Å². The number of benzene rings is 5. The van der Waals surface area contributed by atoms with Crippen molar-refractivity contribution in [2.75, 3.05) is 0 Å². The average molecular weight is 691 g/mol. The zero-order chi connectivity index (χ0) is 37.4. The number of fused-ring (bicyclic) bond motifs is 2. The van der Waals surface area contributed by atoms with Gasteiger partial charge in [0.1, 0.15) is 5.75 Å². The minimum atomic E-state index is -2.67. The Labute approximate surface area is 303 Å². The lowest BCUT2D eigenvalue weighted by Gasteiger charge is -2.33. The van der Waals surface area contributed by atoms with E-state index >= 15 is 0 Å². The van der Waals surface area contributed by atoms with Crippen molar-refractivity contribution in [2.45, 2.75) is 131 Å². The van der Waals surface area contributed by atoms with E-state index in [4.69, 9.17) is 4.52 Å². The fourth-order valence-corrected chi connectivity index (χ4v) is 7.43. The topological polar surface area (TPSA) is 49.7 Å². The Morgan fingerprint density at radius 2 is 0.800 bits per heavy atom. The molecule has 0 spiro atoms. The zero-order valence-corrected chi connectivity index (χ0v) is 34.1. The summed E-state index contributed by atoms with van der Waals surface area (Å²) in [5.41, 5.74) is 9.78. The average Bonchev–Trinajstić information content (AvgIpc) is 2.96. The molecule has 0 radical (unpaired) electrons. The third kappa shape index (κ3) is 7.67. The van der Waals surface area contributed by atoms with E-state index in [0.717, 1.165) is 27.6 Å². The molecular formula is C46H59O3P. The van der Waals surface area contributed by atoms with E-state index in [1.165, 1.54) is 44.0 Å². The van der Waals surface area contributed by atoms with Crippen LogP contribution in [-0.2, 0) is 27.1 Å². The lowest BCUT2D eigenvalue weighted by molar-refractivity contribution is 0.375. The largest absolute Gasteiger partial charge is 0.426 e. The van der Waals surface area contributed by atoms with Gasteiger partial charge in [0.15, 0.2) is 0 Å². The monoisotopic (exact) mass is 690 g/mol. The summed E-state index contributed by atoms with van der Waals surface area (Å²) < 4.78 is 6.02. The molecule has 0 fully saturated rings. The molecule has 0 aromatic heterocycles. The van der Waals surface area contributed by atoms with E-state index in [-0.39, 0.29) is 27.1 Å². The highest BCUT2D eigenvalue weighted by atomic mass is 31.2. The van der Waals surface area contributed by atoms with Gasteiger partial charge in [-0.05, 0) is 123 Å². The van der Waals surface area contributed by atoms with Crippen LogP contribution in [0.1, 0.15) is 132 Å². The quantitative estimate of drug-likeness (QED) is 0.185. The summed E-state index contributed by atoms with van der Waals surface area (Å²) in [7, 11) is -2.67. The van der Waals surface area contributed by atoms with Crippen LogP contribution in [0.5, 0.6) is 5.75 Å². The fourth-order valence-electron chi connectivity index (χ4n) is 7.10. The first-order valence-corrected chi connectivity index (χ1v) is 19.1. The molecule has 3 nitrogen and oxygen atoms in total. The molecule has 0 bridgehead atoms. The Morgan fingerprint density at radius 1 is 0.400 bits per heavy atom. The Bertz CT molecular complexity index is 2070. The van der Waals surface area contributed by atoms with Crippen LogP contribution in [0, 0.1) is 0 Å². The molecule has 0 atom stereocenters. The van der Waals surface area contributed by atoms with Gasteiger partial charge in [-0.2, -0.15) is 0 Å². The molecule has 0 heterocycles. The first-order chi connectivity index (χ1) is 22.8. The van der Waals surface area contributed by atoms with Gasteiger partial charge in [0.05, 0.1) is 0 Å². The van der Waals surface area contributed by atoms with Gasteiger partial charge in [0.2, 0.25) is 0 Å². The Kier molecular flexibility index (Phi) is 9.71. The van der Waals surface area contributed by atoms with Gasteiger partial charge in [-0.15, -0.1) is 0 Å². The molecule has 5 aromatic rings. The van der Waals surface area contributed by atoms with Gasteiger partial charge in [-0.1, -0.05) is 146 Å². The molecule has 4 heteroatoms. The van der Waals surface area contributed by atoms with Crippen molar-refractivity contribution in [1.29, 1.82) is 0 Å². The summed E-state index contributed by atoms with van der Waals surface area (Å²) in [5, 5.41) is 4.74. The summed E-state index contributed by atoms with van der Waals surface area (Å²) in [6.45, 7) is 33.9. The first-order valence-electron chi connectivity index (χ1n) is 18.0. The van der Waals surface area contributed by atoms with Crippen molar-refractivity contribution >= 4 is 30.1 Å². The van der Waals surface area contributed by atoms with E-state index in [0.29, 0.717) is 5.75 Å². The van der Waals surface area contributed by atoms with E-state index in [1.54, 1.807) is 0 Å². The highest BCUT2D eigenvalue weighted by molar-refractivity contribution is 7.39. The van der Waals surface area contributed by atoms with E-state index in [2.05, 4.69) is 171 Å². The molecule has 2 N–H and O–H groups in total. The molecule has 0 aliphatic rings. The molecule has 266 valence electrons. The molecule has 0 unspecified atom stereocenters. The number of hydrogen-bond acceptors (Lipinski definition) is 3. The van der Waals surface area contributed by atoms with Crippen molar-refractivity contribution in [3.63, 3.8) is 0 Å². The third-order valence-electron chi connectivity index (χ3n) is 10.00. The van der Waals surface area contributed by atoms with Crippen LogP contribution in [0.4, 0.5) is 0 Å². The Morgan fingerprint density at radius 3 is 1.16 bits per heavy atom. The van der Waals surface area contributed by atoms with Gasteiger partial charge in [0, 0.05) is 5.56 Å². The van der Waals surface area contributed by atoms with Gasteiger partial charge in [0.25, 0.3) is 0 Å². The minimum Gasteiger partial charge on any atom is -0.426 e. The van der Waals surface area contributed by atoms with Crippen LogP contribution >= 0.6 is 8.60 Å². The van der Waals surface area contributed by atoms with Gasteiger partial charge >= 0.3 is 8.60 Å². The molecule has 5 aromatic carbocycles. The highest BCUT2D eigenvalue weighted by Gasteiger charge is 2.32. The smallest absolute Gasteiger partial charge is 0.391 e. The fraction of sp³-hybridized carbons (Fsp3) is 0.435. The molecule has 0 aliphatic heterocycles. The van der Waals surface area contributed by atoms with Crippen molar-refractivity contribution in [3.05, 3.63) is 101 Å². The zero-order valence-electron chi connectivity index (χ0n) is 33.2. The van der Waals surface area contributed by atoms with E-state index in [9.17, 15) is 9.79 Å². The Balaban J connectivity index is 2.02. The number of rotatable bonds is 4. The highest BCUT2D eigenvalue weighted by Crippen LogP contribution is 2.53. The van der Waals surface area contributed by atoms with Crippen molar-refractivity contribution < 1.29 is 14.3 Å². The third-order valence-corrected chi connectivity index (χ3v) is 10.4. The molecule has 0 saturated carbocycles. The minimum absolute atomic E-state index is 0.0243. The van der Waals surface area contributed by atoms with Crippen LogP contribution in [0.3, 0.4) is 0 Å². The van der Waals surface area contributed by atoms with E-state index in [1.807, 2.05) is 6.07 Å². The molecule has 0 aliphatic carbocycles. The molecule has 0 saturated heterocycles. The Hall–Kier alpha value is -3.23. The van der Waals surface area contributed by atoms with Crippen LogP contribution < -0.4 is 4.52 Å². The summed E-state index contributed by atoms with van der Waals surface area (Å²) >= 11 is 0. The van der Waals surface area contributed by atoms with Crippen LogP contribution in [0.25, 0.3) is 43.8 Å². The normalized spacial score (nSPS) is 13.5. The molecule has 0 amide bonds. The lowest BCUT2D eigenvalue weighted by atomic mass is 9.72. The van der Waals surface area contributed by atoms with Crippen LogP contribution in [0.15, 0.2) is 72.8 Å². The second-order valence-electron chi connectivity index (χ2n) is 19.4. The maximum Gasteiger partial charge on any atom is 0.391 e. The summed E-state index contributed by atoms with van der Waals surface area (Å²) in [6.07, 6.45) is 0. The molecule has 5 rings (SSSR count). The van der Waals surface area contributed by atoms with Gasteiger partial charge in [-0.25, -0.2) is 0 Å². The predicted molar refractivity (Wildman–Crippen MR) is 218 cm³/mol. The second-order valence-corrected chi connectivity index (χ2v) is 20.1. The molecule has 50 heavy (non-hydrogen) atoms.